The maximum Gasteiger partial charge on any atom is 0.140 e. The first kappa shape index (κ1) is 18.0. The molecule has 27 heavy (non-hydrogen) atoms. The lowest BCUT2D eigenvalue weighted by atomic mass is 9.83. The second-order valence-electron chi connectivity index (χ2n) is 7.06. The SMILES string of the molecule is N=C(Nc1ccc(CCCC2NCC=C3C=CC=CC32)cc1)c1cccs1. The van der Waals surface area contributed by atoms with Crippen molar-refractivity contribution < 1.29 is 0 Å². The molecule has 0 amide bonds. The van der Waals surface area contributed by atoms with Crippen molar-refractivity contribution in [2.75, 3.05) is 11.9 Å². The third kappa shape index (κ3) is 4.46. The number of thiophene rings is 1. The summed E-state index contributed by atoms with van der Waals surface area (Å²) in [7, 11) is 0. The first-order chi connectivity index (χ1) is 13.3. The van der Waals surface area contributed by atoms with E-state index in [-0.39, 0.29) is 0 Å². The van der Waals surface area contributed by atoms with E-state index in [1.54, 1.807) is 11.3 Å². The highest BCUT2D eigenvalue weighted by molar-refractivity contribution is 7.12. The lowest BCUT2D eigenvalue weighted by Crippen LogP contribution is -2.40. The van der Waals surface area contributed by atoms with Gasteiger partial charge in [-0.05, 0) is 54.0 Å². The number of aryl methyl sites for hydroxylation is 1. The number of fused-ring (bicyclic) bond motifs is 1. The molecule has 138 valence electrons. The van der Waals surface area contributed by atoms with Gasteiger partial charge in [0.1, 0.15) is 5.84 Å². The van der Waals surface area contributed by atoms with Crippen LogP contribution in [0, 0.1) is 11.3 Å². The van der Waals surface area contributed by atoms with E-state index in [0.29, 0.717) is 17.8 Å². The van der Waals surface area contributed by atoms with Gasteiger partial charge < -0.3 is 10.6 Å². The largest absolute Gasteiger partial charge is 0.340 e. The van der Waals surface area contributed by atoms with Crippen molar-refractivity contribution in [1.29, 1.82) is 5.41 Å². The van der Waals surface area contributed by atoms with E-state index in [1.165, 1.54) is 24.0 Å². The number of nitrogens with one attached hydrogen (secondary N) is 3. The first-order valence-corrected chi connectivity index (χ1v) is 10.4. The van der Waals surface area contributed by atoms with Gasteiger partial charge in [0.15, 0.2) is 0 Å². The molecule has 0 radical (unpaired) electrons. The molecule has 1 aromatic heterocycles. The number of anilines is 1. The highest BCUT2D eigenvalue weighted by Crippen LogP contribution is 2.27. The Bertz CT molecular complexity index is 860. The van der Waals surface area contributed by atoms with Crippen molar-refractivity contribution in [3.63, 3.8) is 0 Å². The van der Waals surface area contributed by atoms with Crippen LogP contribution in [0.3, 0.4) is 0 Å². The molecule has 2 atom stereocenters. The van der Waals surface area contributed by atoms with Gasteiger partial charge in [-0.3, -0.25) is 5.41 Å². The molecule has 0 fully saturated rings. The number of benzene rings is 1. The fourth-order valence-electron chi connectivity index (χ4n) is 3.79. The van der Waals surface area contributed by atoms with Crippen LogP contribution in [0.5, 0.6) is 0 Å². The van der Waals surface area contributed by atoms with Crippen LogP contribution in [0.1, 0.15) is 23.3 Å². The van der Waals surface area contributed by atoms with Crippen LogP contribution in [0.15, 0.2) is 77.7 Å². The fourth-order valence-corrected chi connectivity index (χ4v) is 4.42. The van der Waals surface area contributed by atoms with Crippen molar-refractivity contribution in [3.05, 3.63) is 88.2 Å². The van der Waals surface area contributed by atoms with E-state index >= 15 is 0 Å². The molecule has 2 unspecified atom stereocenters. The van der Waals surface area contributed by atoms with Gasteiger partial charge in [-0.1, -0.05) is 48.6 Å². The lowest BCUT2D eigenvalue weighted by molar-refractivity contribution is 0.410. The minimum Gasteiger partial charge on any atom is -0.340 e. The fraction of sp³-hybridized carbons (Fsp3) is 0.261. The predicted molar refractivity (Wildman–Crippen MR) is 116 cm³/mol. The molecule has 1 aliphatic carbocycles. The van der Waals surface area contributed by atoms with Crippen LogP contribution in [-0.4, -0.2) is 18.4 Å². The Hall–Kier alpha value is -2.43. The summed E-state index contributed by atoms with van der Waals surface area (Å²) in [6.45, 7) is 0.977. The van der Waals surface area contributed by atoms with E-state index < -0.39 is 0 Å². The normalized spacial score (nSPS) is 20.8. The van der Waals surface area contributed by atoms with Crippen LogP contribution in [-0.2, 0) is 6.42 Å². The average molecular weight is 376 g/mol. The molecular weight excluding hydrogens is 350 g/mol. The van der Waals surface area contributed by atoms with Gasteiger partial charge in [0.2, 0.25) is 0 Å². The van der Waals surface area contributed by atoms with Crippen LogP contribution >= 0.6 is 11.3 Å². The summed E-state index contributed by atoms with van der Waals surface area (Å²) >= 11 is 1.58. The lowest BCUT2D eigenvalue weighted by Gasteiger charge is -2.32. The van der Waals surface area contributed by atoms with Gasteiger partial charge in [-0.15, -0.1) is 11.3 Å². The van der Waals surface area contributed by atoms with Crippen LogP contribution < -0.4 is 10.6 Å². The van der Waals surface area contributed by atoms with Gasteiger partial charge in [-0.25, -0.2) is 0 Å². The van der Waals surface area contributed by atoms with Crippen molar-refractivity contribution in [3.8, 4) is 0 Å². The van der Waals surface area contributed by atoms with Gasteiger partial charge in [0, 0.05) is 24.2 Å². The van der Waals surface area contributed by atoms with E-state index in [4.69, 9.17) is 5.41 Å². The minimum absolute atomic E-state index is 0.458. The molecule has 3 N–H and O–H groups in total. The molecule has 2 aliphatic rings. The van der Waals surface area contributed by atoms with Gasteiger partial charge in [-0.2, -0.15) is 0 Å². The number of hydrogen-bond donors (Lipinski definition) is 3. The Morgan fingerprint density at radius 2 is 2.07 bits per heavy atom. The zero-order valence-corrected chi connectivity index (χ0v) is 16.1. The van der Waals surface area contributed by atoms with Gasteiger partial charge in [0.05, 0.1) is 4.88 Å². The summed E-state index contributed by atoms with van der Waals surface area (Å²) in [5.74, 6) is 0.984. The Labute approximate surface area is 165 Å². The molecule has 2 aromatic rings. The molecule has 2 heterocycles. The molecule has 0 saturated heterocycles. The van der Waals surface area contributed by atoms with Crippen LogP contribution in [0.4, 0.5) is 5.69 Å². The highest BCUT2D eigenvalue weighted by atomic mass is 32.1. The zero-order chi connectivity index (χ0) is 18.5. The summed E-state index contributed by atoms with van der Waals surface area (Å²) < 4.78 is 0. The van der Waals surface area contributed by atoms with E-state index in [9.17, 15) is 0 Å². The Balaban J connectivity index is 1.27. The summed E-state index contributed by atoms with van der Waals surface area (Å²) in [4.78, 5) is 0.957. The topological polar surface area (TPSA) is 47.9 Å². The number of amidine groups is 1. The number of allylic oxidation sites excluding steroid dienone is 3. The Morgan fingerprint density at radius 1 is 1.19 bits per heavy atom. The Morgan fingerprint density at radius 3 is 2.89 bits per heavy atom. The Kier molecular flexibility index (Phi) is 5.66. The molecule has 4 heteroatoms. The standard InChI is InChI=1S/C23H25N3S/c24-23(22-9-4-16-27-22)26-19-12-10-17(11-13-19)5-3-8-21-20-7-2-1-6-18(20)14-15-25-21/h1-2,4,6-7,9-14,16,20-21,25H,3,5,8,15H2,(H2,24,26). The highest BCUT2D eigenvalue weighted by Gasteiger charge is 2.24. The summed E-state index contributed by atoms with van der Waals surface area (Å²) in [6, 6.07) is 13.0. The molecule has 0 bridgehead atoms. The second-order valence-corrected chi connectivity index (χ2v) is 8.00. The van der Waals surface area contributed by atoms with E-state index in [0.717, 1.165) is 23.5 Å². The average Bonchev–Trinajstić information content (AvgIpc) is 3.25. The molecular formula is C23H25N3S. The van der Waals surface area contributed by atoms with Crippen molar-refractivity contribution in [2.24, 2.45) is 5.92 Å². The summed E-state index contributed by atoms with van der Waals surface area (Å²) in [6.07, 6.45) is 14.6. The van der Waals surface area contributed by atoms with Crippen LogP contribution in [0.2, 0.25) is 0 Å². The molecule has 1 aromatic carbocycles. The number of hydrogen-bond acceptors (Lipinski definition) is 3. The number of rotatable bonds is 6. The van der Waals surface area contributed by atoms with Gasteiger partial charge >= 0.3 is 0 Å². The monoisotopic (exact) mass is 375 g/mol. The van der Waals surface area contributed by atoms with E-state index in [1.807, 2.05) is 17.5 Å². The predicted octanol–water partition coefficient (Wildman–Crippen LogP) is 5.15. The maximum atomic E-state index is 8.11. The second kappa shape index (κ2) is 8.51. The van der Waals surface area contributed by atoms with Gasteiger partial charge in [0.25, 0.3) is 0 Å². The first-order valence-electron chi connectivity index (χ1n) is 9.56. The zero-order valence-electron chi connectivity index (χ0n) is 15.3. The van der Waals surface area contributed by atoms with Crippen molar-refractivity contribution >= 4 is 22.9 Å². The maximum absolute atomic E-state index is 8.11. The minimum atomic E-state index is 0.458. The quantitative estimate of drug-likeness (QED) is 0.483. The molecule has 3 nitrogen and oxygen atoms in total. The molecule has 0 spiro atoms. The smallest absolute Gasteiger partial charge is 0.140 e. The summed E-state index contributed by atoms with van der Waals surface area (Å²) in [5, 5.41) is 16.9. The summed E-state index contributed by atoms with van der Waals surface area (Å²) in [5.41, 5.74) is 3.79. The van der Waals surface area contributed by atoms with Crippen LogP contribution in [0.25, 0.3) is 0 Å². The van der Waals surface area contributed by atoms with Crippen molar-refractivity contribution in [1.82, 2.24) is 5.32 Å². The third-order valence-electron chi connectivity index (χ3n) is 5.23. The van der Waals surface area contributed by atoms with E-state index in [2.05, 4.69) is 65.3 Å². The molecule has 1 aliphatic heterocycles. The van der Waals surface area contributed by atoms with Crippen molar-refractivity contribution in [2.45, 2.75) is 25.3 Å². The molecule has 4 rings (SSSR count). The molecule has 0 saturated carbocycles. The third-order valence-corrected chi connectivity index (χ3v) is 6.11.